The maximum atomic E-state index is 12.5. The molecule has 7 N–H and O–H groups in total. The van der Waals surface area contributed by atoms with Crippen molar-refractivity contribution in [1.82, 2.24) is 20.6 Å². The zero-order chi connectivity index (χ0) is 26.6. The van der Waals surface area contributed by atoms with Gasteiger partial charge in [-0.15, -0.1) is 0 Å². The third-order valence-corrected chi connectivity index (χ3v) is 5.73. The van der Waals surface area contributed by atoms with Crippen molar-refractivity contribution in [1.29, 1.82) is 0 Å². The minimum Gasteiger partial charge on any atom is -0.508 e. The third kappa shape index (κ3) is 7.73. The van der Waals surface area contributed by atoms with Gasteiger partial charge >= 0.3 is 0 Å². The van der Waals surface area contributed by atoms with Crippen molar-refractivity contribution in [3.8, 4) is 28.0 Å². The second-order valence-corrected chi connectivity index (χ2v) is 8.35. The smallest absolute Gasteiger partial charge is 0.269 e. The Balaban J connectivity index is 1.58. The number of benzene rings is 1. The Labute approximate surface area is 216 Å². The van der Waals surface area contributed by atoms with Gasteiger partial charge in [0.1, 0.15) is 17.3 Å². The number of carbonyl (C=O) groups is 2. The van der Waals surface area contributed by atoms with Gasteiger partial charge < -0.3 is 31.9 Å². The maximum Gasteiger partial charge on any atom is 0.269 e. The number of anilines is 1. The summed E-state index contributed by atoms with van der Waals surface area (Å²) in [6, 6.07) is 10.3. The third-order valence-electron chi connectivity index (χ3n) is 5.73. The number of hydrogen-bond acceptors (Lipinski definition) is 8. The van der Waals surface area contributed by atoms with Crippen LogP contribution < -0.4 is 22.1 Å². The van der Waals surface area contributed by atoms with Crippen molar-refractivity contribution in [2.45, 2.75) is 26.2 Å². The quantitative estimate of drug-likeness (QED) is 0.220. The van der Waals surface area contributed by atoms with E-state index in [0.717, 1.165) is 27.8 Å². The van der Waals surface area contributed by atoms with Crippen LogP contribution in [0.1, 0.15) is 35.8 Å². The number of nitrogen functional groups attached to an aromatic ring is 1. The Bertz CT molecular complexity index is 1180. The molecule has 0 spiro atoms. The molecule has 0 aliphatic carbocycles. The van der Waals surface area contributed by atoms with Gasteiger partial charge in [0.05, 0.1) is 13.2 Å². The first-order valence-corrected chi connectivity index (χ1v) is 12.3. The molecule has 2 heterocycles. The molecule has 196 valence electrons. The summed E-state index contributed by atoms with van der Waals surface area (Å²) in [5, 5.41) is 15.2. The molecule has 0 aliphatic heterocycles. The lowest BCUT2D eigenvalue weighted by Gasteiger charge is -2.16. The van der Waals surface area contributed by atoms with Crippen LogP contribution in [0.5, 0.6) is 5.75 Å². The molecule has 0 atom stereocenters. The zero-order valence-corrected chi connectivity index (χ0v) is 21.0. The highest BCUT2D eigenvalue weighted by molar-refractivity contribution is 5.92. The van der Waals surface area contributed by atoms with Crippen molar-refractivity contribution >= 4 is 17.6 Å². The number of aromatic nitrogens is 2. The van der Waals surface area contributed by atoms with Crippen LogP contribution in [0, 0.1) is 0 Å². The number of phenolic OH excluding ortho intramolecular Hbond substituents is 1. The van der Waals surface area contributed by atoms with Gasteiger partial charge in [-0.25, -0.2) is 4.98 Å². The van der Waals surface area contributed by atoms with Crippen LogP contribution in [0.25, 0.3) is 22.3 Å². The minimum absolute atomic E-state index is 0.0993. The highest BCUT2D eigenvalue weighted by Crippen LogP contribution is 2.36. The molecule has 3 aromatic rings. The van der Waals surface area contributed by atoms with Crippen LogP contribution in [-0.2, 0) is 16.0 Å². The normalized spacial score (nSPS) is 10.8. The van der Waals surface area contributed by atoms with E-state index in [4.69, 9.17) is 16.2 Å². The van der Waals surface area contributed by atoms with Gasteiger partial charge in [0.25, 0.3) is 5.91 Å². The zero-order valence-electron chi connectivity index (χ0n) is 21.0. The molecule has 0 aliphatic rings. The van der Waals surface area contributed by atoms with E-state index in [2.05, 4.69) is 20.6 Å². The molecule has 1 aromatic carbocycles. The summed E-state index contributed by atoms with van der Waals surface area (Å²) < 4.78 is 5.18. The van der Waals surface area contributed by atoms with E-state index in [-0.39, 0.29) is 24.0 Å². The number of rotatable bonds is 13. The van der Waals surface area contributed by atoms with Crippen molar-refractivity contribution in [3.63, 3.8) is 0 Å². The maximum absolute atomic E-state index is 12.5. The Hall–Kier alpha value is -4.02. The van der Waals surface area contributed by atoms with Crippen LogP contribution in [-0.4, -0.2) is 59.7 Å². The van der Waals surface area contributed by atoms with Crippen LogP contribution in [0.4, 0.5) is 5.82 Å². The number of aromatic hydroxyl groups is 1. The van der Waals surface area contributed by atoms with Gasteiger partial charge in [0.2, 0.25) is 5.91 Å². The average Bonchev–Trinajstić information content (AvgIpc) is 2.91. The Morgan fingerprint density at radius 2 is 1.70 bits per heavy atom. The summed E-state index contributed by atoms with van der Waals surface area (Å²) in [6.45, 7) is 4.10. The molecule has 0 saturated carbocycles. The predicted molar refractivity (Wildman–Crippen MR) is 143 cm³/mol. The van der Waals surface area contributed by atoms with Crippen LogP contribution in [0.15, 0.2) is 48.8 Å². The number of nitrogens with zero attached hydrogens (tertiary/aromatic N) is 2. The lowest BCUT2D eigenvalue weighted by molar-refractivity contribution is -0.122. The number of amides is 2. The molecule has 0 radical (unpaired) electrons. The van der Waals surface area contributed by atoms with Gasteiger partial charge in [-0.2, -0.15) is 0 Å². The van der Waals surface area contributed by atoms with E-state index in [9.17, 15) is 14.7 Å². The van der Waals surface area contributed by atoms with Crippen molar-refractivity contribution in [3.05, 3.63) is 60.0 Å². The molecule has 0 saturated heterocycles. The molecule has 3 rings (SSSR count). The first-order valence-electron chi connectivity index (χ1n) is 12.3. The number of carbonyl (C=O) groups excluding carboxylic acids is 2. The number of nitrogens with two attached hydrogens (primary N) is 2. The molecule has 2 aromatic heterocycles. The van der Waals surface area contributed by atoms with Crippen molar-refractivity contribution in [2.75, 3.05) is 38.6 Å². The second-order valence-electron chi connectivity index (χ2n) is 8.35. The standard InChI is InChI=1S/C27H34N6O4/c1-2-21-22(17-33-26(29)25(21)18-4-7-20(34)8-5-18)19-6-9-23(32-16-19)27(36)31-13-3-12-30-24(35)10-14-37-15-11-28/h4-9,16-17,34H,2-3,10-15,28H2,1H3,(H2,29,33)(H,30,35)(H,31,36). The SMILES string of the molecule is CCc1c(-c2ccc(C(=O)NCCCNC(=O)CCOCCN)nc2)cnc(N)c1-c1ccc(O)cc1. The highest BCUT2D eigenvalue weighted by atomic mass is 16.5. The first kappa shape index (κ1) is 27.6. The molecule has 0 unspecified atom stereocenters. The predicted octanol–water partition coefficient (Wildman–Crippen LogP) is 2.26. The largest absolute Gasteiger partial charge is 0.508 e. The van der Waals surface area contributed by atoms with Gasteiger partial charge in [0.15, 0.2) is 0 Å². The van der Waals surface area contributed by atoms with E-state index in [1.165, 1.54) is 0 Å². The summed E-state index contributed by atoms with van der Waals surface area (Å²) in [4.78, 5) is 32.9. The summed E-state index contributed by atoms with van der Waals surface area (Å²) in [5.41, 5.74) is 16.2. The van der Waals surface area contributed by atoms with E-state index in [1.807, 2.05) is 13.0 Å². The monoisotopic (exact) mass is 506 g/mol. The van der Waals surface area contributed by atoms with Crippen LogP contribution in [0.3, 0.4) is 0 Å². The van der Waals surface area contributed by atoms with Crippen molar-refractivity contribution in [2.24, 2.45) is 5.73 Å². The van der Waals surface area contributed by atoms with Crippen LogP contribution in [0.2, 0.25) is 0 Å². The number of ether oxygens (including phenoxy) is 1. The van der Waals surface area contributed by atoms with E-state index in [1.54, 1.807) is 42.7 Å². The van der Waals surface area contributed by atoms with Crippen molar-refractivity contribution < 1.29 is 19.4 Å². The lowest BCUT2D eigenvalue weighted by Crippen LogP contribution is -2.30. The van der Waals surface area contributed by atoms with Crippen LogP contribution >= 0.6 is 0 Å². The molecule has 10 nitrogen and oxygen atoms in total. The fourth-order valence-electron chi connectivity index (χ4n) is 3.87. The molecule has 0 bridgehead atoms. The van der Waals surface area contributed by atoms with Gasteiger partial charge in [-0.1, -0.05) is 25.1 Å². The topological polar surface area (TPSA) is 165 Å². The highest BCUT2D eigenvalue weighted by Gasteiger charge is 2.16. The summed E-state index contributed by atoms with van der Waals surface area (Å²) >= 11 is 0. The number of nitrogens with one attached hydrogen (secondary N) is 2. The molecular weight excluding hydrogens is 472 g/mol. The van der Waals surface area contributed by atoms with E-state index >= 15 is 0 Å². The molecule has 2 amide bonds. The minimum atomic E-state index is -0.288. The Morgan fingerprint density at radius 3 is 2.38 bits per heavy atom. The molecular formula is C27H34N6O4. The number of phenols is 1. The van der Waals surface area contributed by atoms with E-state index in [0.29, 0.717) is 57.2 Å². The fourth-order valence-corrected chi connectivity index (χ4v) is 3.87. The lowest BCUT2D eigenvalue weighted by atomic mass is 9.92. The number of pyridine rings is 2. The summed E-state index contributed by atoms with van der Waals surface area (Å²) in [6.07, 6.45) is 4.94. The van der Waals surface area contributed by atoms with E-state index < -0.39 is 0 Å². The van der Waals surface area contributed by atoms with Gasteiger partial charge in [-0.3, -0.25) is 14.6 Å². The number of hydrogen-bond donors (Lipinski definition) is 5. The Kier molecular flexibility index (Phi) is 10.4. The van der Waals surface area contributed by atoms with Gasteiger partial charge in [0, 0.05) is 55.1 Å². The summed E-state index contributed by atoms with van der Waals surface area (Å²) in [5.74, 6) is 0.199. The second kappa shape index (κ2) is 13.9. The Morgan fingerprint density at radius 1 is 0.973 bits per heavy atom. The fraction of sp³-hybridized carbons (Fsp3) is 0.333. The van der Waals surface area contributed by atoms with Gasteiger partial charge in [-0.05, 0) is 42.2 Å². The summed E-state index contributed by atoms with van der Waals surface area (Å²) in [7, 11) is 0. The molecule has 0 fully saturated rings. The molecule has 10 heteroatoms. The average molecular weight is 507 g/mol. The molecule has 37 heavy (non-hydrogen) atoms. The first-order chi connectivity index (χ1) is 17.9.